The second-order valence-electron chi connectivity index (χ2n) is 5.97. The van der Waals surface area contributed by atoms with Gasteiger partial charge in [-0.3, -0.25) is 14.8 Å². The maximum absolute atomic E-state index is 12.3. The highest BCUT2D eigenvalue weighted by Gasteiger charge is 2.33. The van der Waals surface area contributed by atoms with Crippen molar-refractivity contribution in [1.29, 1.82) is 0 Å². The molecule has 0 aliphatic carbocycles. The van der Waals surface area contributed by atoms with Crippen LogP contribution in [-0.2, 0) is 4.79 Å². The molecular formula is C18H23N3O4. The van der Waals surface area contributed by atoms with Gasteiger partial charge in [-0.2, -0.15) is 0 Å². The molecule has 134 valence electrons. The minimum Gasteiger partial charge on any atom is -0.396 e. The summed E-state index contributed by atoms with van der Waals surface area (Å²) in [7, 11) is 0. The van der Waals surface area contributed by atoms with Crippen LogP contribution in [0.1, 0.15) is 36.2 Å². The topological polar surface area (TPSA) is 125 Å². The molecule has 0 spiro atoms. The third kappa shape index (κ3) is 6.77. The normalized spacial score (nSPS) is 12.2. The van der Waals surface area contributed by atoms with E-state index in [2.05, 4.69) is 17.2 Å². The van der Waals surface area contributed by atoms with Gasteiger partial charge in [0.15, 0.2) is 0 Å². The first-order valence-corrected chi connectivity index (χ1v) is 7.70. The van der Waals surface area contributed by atoms with Crippen molar-refractivity contribution < 1.29 is 19.9 Å². The van der Waals surface area contributed by atoms with Gasteiger partial charge in [0.2, 0.25) is 0 Å². The Morgan fingerprint density at radius 3 is 2.48 bits per heavy atom. The van der Waals surface area contributed by atoms with Crippen molar-refractivity contribution in [2.45, 2.75) is 31.8 Å². The van der Waals surface area contributed by atoms with Crippen molar-refractivity contribution >= 4 is 11.8 Å². The van der Waals surface area contributed by atoms with Crippen LogP contribution in [0, 0.1) is 11.8 Å². The molecular weight excluding hydrogens is 322 g/mol. The lowest BCUT2D eigenvalue weighted by Gasteiger charge is -2.29. The molecule has 7 heteroatoms. The molecule has 0 aliphatic heterocycles. The van der Waals surface area contributed by atoms with Crippen molar-refractivity contribution in [3.8, 4) is 11.8 Å². The van der Waals surface area contributed by atoms with Crippen LogP contribution < -0.4 is 16.5 Å². The second-order valence-corrected chi connectivity index (χ2v) is 5.97. The predicted molar refractivity (Wildman–Crippen MR) is 93.6 cm³/mol. The van der Waals surface area contributed by atoms with E-state index < -0.39 is 23.4 Å². The Hall–Kier alpha value is -2.66. The van der Waals surface area contributed by atoms with E-state index >= 15 is 0 Å². The Kier molecular flexibility index (Phi) is 7.82. The number of nitrogens with two attached hydrogens (primary N) is 1. The molecule has 1 aromatic carbocycles. The van der Waals surface area contributed by atoms with E-state index in [9.17, 15) is 9.59 Å². The van der Waals surface area contributed by atoms with Gasteiger partial charge in [-0.15, -0.1) is 0 Å². The number of hydrogen-bond acceptors (Lipinski definition) is 5. The summed E-state index contributed by atoms with van der Waals surface area (Å²) >= 11 is 0. The summed E-state index contributed by atoms with van der Waals surface area (Å²) in [6.45, 7) is 3.21. The molecule has 0 fully saturated rings. The number of hydroxylamine groups is 1. The van der Waals surface area contributed by atoms with Gasteiger partial charge in [-0.1, -0.05) is 17.9 Å². The zero-order valence-corrected chi connectivity index (χ0v) is 14.2. The SMILES string of the molecule is CC(C)(N)[C@H](NC(=O)c1ccc(C#C/C=C/CCO)cc1)C(=O)NO. The second kappa shape index (κ2) is 9.59. The number of nitrogens with one attached hydrogen (secondary N) is 2. The van der Waals surface area contributed by atoms with Gasteiger partial charge in [0.1, 0.15) is 6.04 Å². The Morgan fingerprint density at radius 1 is 1.32 bits per heavy atom. The van der Waals surface area contributed by atoms with Crippen LogP contribution in [0.5, 0.6) is 0 Å². The molecule has 0 aliphatic rings. The number of carbonyl (C=O) groups is 2. The zero-order valence-electron chi connectivity index (χ0n) is 14.2. The van der Waals surface area contributed by atoms with Crippen LogP contribution in [0.15, 0.2) is 36.4 Å². The van der Waals surface area contributed by atoms with E-state index in [1.807, 2.05) is 0 Å². The van der Waals surface area contributed by atoms with Crippen LogP contribution in [0.3, 0.4) is 0 Å². The molecule has 0 bridgehead atoms. The molecule has 2 amide bonds. The maximum atomic E-state index is 12.3. The number of allylic oxidation sites excluding steroid dienone is 1. The average Bonchev–Trinajstić information content (AvgIpc) is 2.58. The first-order valence-electron chi connectivity index (χ1n) is 7.70. The number of rotatable bonds is 6. The molecule has 0 saturated heterocycles. The molecule has 1 rings (SSSR count). The van der Waals surface area contributed by atoms with Crippen molar-refractivity contribution in [2.75, 3.05) is 6.61 Å². The van der Waals surface area contributed by atoms with Crippen LogP contribution in [0.25, 0.3) is 0 Å². The lowest BCUT2D eigenvalue weighted by atomic mass is 9.95. The fourth-order valence-electron chi connectivity index (χ4n) is 1.92. The summed E-state index contributed by atoms with van der Waals surface area (Å²) in [4.78, 5) is 23.9. The molecule has 0 saturated carbocycles. The minimum atomic E-state index is -1.10. The average molecular weight is 345 g/mol. The summed E-state index contributed by atoms with van der Waals surface area (Å²) in [5.74, 6) is 4.43. The molecule has 0 heterocycles. The highest BCUT2D eigenvalue weighted by atomic mass is 16.5. The van der Waals surface area contributed by atoms with E-state index in [0.29, 0.717) is 17.5 Å². The maximum Gasteiger partial charge on any atom is 0.267 e. The van der Waals surface area contributed by atoms with Crippen molar-refractivity contribution in [1.82, 2.24) is 10.8 Å². The summed E-state index contributed by atoms with van der Waals surface area (Å²) in [5, 5.41) is 19.9. The van der Waals surface area contributed by atoms with Gasteiger partial charge in [0.25, 0.3) is 11.8 Å². The first kappa shape index (κ1) is 20.4. The monoisotopic (exact) mass is 345 g/mol. The van der Waals surface area contributed by atoms with Crippen molar-refractivity contribution in [3.63, 3.8) is 0 Å². The summed E-state index contributed by atoms with van der Waals surface area (Å²) < 4.78 is 0. The third-order valence-corrected chi connectivity index (χ3v) is 3.25. The van der Waals surface area contributed by atoms with Gasteiger partial charge in [0, 0.05) is 23.3 Å². The first-order chi connectivity index (χ1) is 11.8. The Balaban J connectivity index is 2.81. The van der Waals surface area contributed by atoms with E-state index in [4.69, 9.17) is 16.0 Å². The van der Waals surface area contributed by atoms with Gasteiger partial charge in [-0.05, 0) is 50.6 Å². The Bertz CT molecular complexity index is 679. The Morgan fingerprint density at radius 2 is 1.96 bits per heavy atom. The molecule has 0 unspecified atom stereocenters. The number of hydrogen-bond donors (Lipinski definition) is 5. The summed E-state index contributed by atoms with van der Waals surface area (Å²) in [6, 6.07) is 5.41. The predicted octanol–water partition coefficient (Wildman–Crippen LogP) is 0.318. The molecule has 1 aromatic rings. The van der Waals surface area contributed by atoms with Gasteiger partial charge < -0.3 is 16.2 Å². The smallest absolute Gasteiger partial charge is 0.267 e. The lowest BCUT2D eigenvalue weighted by molar-refractivity contribution is -0.132. The molecule has 6 N–H and O–H groups in total. The number of aliphatic hydroxyl groups excluding tert-OH is 1. The highest BCUT2D eigenvalue weighted by Crippen LogP contribution is 2.09. The molecule has 25 heavy (non-hydrogen) atoms. The van der Waals surface area contributed by atoms with Crippen LogP contribution in [0.2, 0.25) is 0 Å². The van der Waals surface area contributed by atoms with Gasteiger partial charge in [-0.25, -0.2) is 5.48 Å². The largest absolute Gasteiger partial charge is 0.396 e. The van der Waals surface area contributed by atoms with Crippen LogP contribution >= 0.6 is 0 Å². The lowest BCUT2D eigenvalue weighted by Crippen LogP contribution is -2.61. The van der Waals surface area contributed by atoms with Gasteiger partial charge >= 0.3 is 0 Å². The number of aliphatic hydroxyl groups is 1. The molecule has 0 aromatic heterocycles. The van der Waals surface area contributed by atoms with E-state index in [0.717, 1.165) is 0 Å². The zero-order chi connectivity index (χ0) is 18.9. The summed E-state index contributed by atoms with van der Waals surface area (Å²) in [6.07, 6.45) is 3.96. The van der Waals surface area contributed by atoms with Crippen LogP contribution in [-0.4, -0.2) is 40.3 Å². The molecule has 1 atom stereocenters. The molecule has 0 radical (unpaired) electrons. The number of carbonyl (C=O) groups excluding carboxylic acids is 2. The fraction of sp³-hybridized carbons (Fsp3) is 0.333. The van der Waals surface area contributed by atoms with Crippen molar-refractivity contribution in [2.24, 2.45) is 5.73 Å². The molecule has 7 nitrogen and oxygen atoms in total. The van der Waals surface area contributed by atoms with E-state index in [1.54, 1.807) is 50.3 Å². The number of amides is 2. The minimum absolute atomic E-state index is 0.0803. The van der Waals surface area contributed by atoms with Crippen molar-refractivity contribution in [3.05, 3.63) is 47.5 Å². The standard InChI is InChI=1S/C18H23N3O4/c1-18(2,19)15(17(24)21-25)20-16(23)14-10-8-13(9-11-14)7-5-3-4-6-12-22/h3-4,8-11,15,22,25H,6,12,19H2,1-2H3,(H,20,23)(H,21,24)/b4-3+/t15-/m1/s1. The highest BCUT2D eigenvalue weighted by molar-refractivity contribution is 5.97. The quantitative estimate of drug-likeness (QED) is 0.288. The van der Waals surface area contributed by atoms with Gasteiger partial charge in [0.05, 0.1) is 0 Å². The van der Waals surface area contributed by atoms with E-state index in [-0.39, 0.29) is 6.61 Å². The fourth-order valence-corrected chi connectivity index (χ4v) is 1.92. The Labute approximate surface area is 146 Å². The third-order valence-electron chi connectivity index (χ3n) is 3.25. The summed E-state index contributed by atoms with van der Waals surface area (Å²) in [5.41, 5.74) is 7.36. The number of benzene rings is 1. The van der Waals surface area contributed by atoms with E-state index in [1.165, 1.54) is 5.48 Å². The van der Waals surface area contributed by atoms with Crippen LogP contribution in [0.4, 0.5) is 0 Å².